The van der Waals surface area contributed by atoms with Gasteiger partial charge in [-0.2, -0.15) is 5.10 Å². The number of halogens is 2. The molecule has 0 aliphatic rings. The minimum Gasteiger partial charge on any atom is -0.287 e. The maximum absolute atomic E-state index is 12.3. The highest BCUT2D eigenvalue weighted by atomic mass is 79.9. The van der Waals surface area contributed by atoms with Crippen molar-refractivity contribution in [1.29, 1.82) is 0 Å². The van der Waals surface area contributed by atoms with E-state index in [-0.39, 0.29) is 5.78 Å². The van der Waals surface area contributed by atoms with Crippen LogP contribution >= 0.6 is 27.5 Å². The molecule has 1 aromatic heterocycles. The van der Waals surface area contributed by atoms with Gasteiger partial charge in [-0.05, 0) is 30.7 Å². The highest BCUT2D eigenvalue weighted by molar-refractivity contribution is 9.10. The van der Waals surface area contributed by atoms with Gasteiger partial charge in [-0.3, -0.25) is 9.48 Å². The van der Waals surface area contributed by atoms with Crippen molar-refractivity contribution in [2.24, 2.45) is 7.05 Å². The largest absolute Gasteiger partial charge is 0.287 e. The predicted molar refractivity (Wildman–Crippen MR) is 70.5 cm³/mol. The smallest absolute Gasteiger partial charge is 0.212 e. The molecule has 0 saturated carbocycles. The maximum Gasteiger partial charge on any atom is 0.212 e. The van der Waals surface area contributed by atoms with Crippen LogP contribution in [0.4, 0.5) is 0 Å². The van der Waals surface area contributed by atoms with Gasteiger partial charge < -0.3 is 0 Å². The average Bonchev–Trinajstić information content (AvgIpc) is 2.56. The van der Waals surface area contributed by atoms with Crippen molar-refractivity contribution >= 4 is 33.3 Å². The summed E-state index contributed by atoms with van der Waals surface area (Å²) in [6, 6.07) is 5.55. The fraction of sp³-hybridized carbons (Fsp3) is 0.167. The lowest BCUT2D eigenvalue weighted by molar-refractivity contribution is 0.103. The van der Waals surface area contributed by atoms with Crippen molar-refractivity contribution in [2.75, 3.05) is 0 Å². The summed E-state index contributed by atoms with van der Waals surface area (Å²) in [7, 11) is 1.70. The molecule has 0 unspecified atom stereocenters. The van der Waals surface area contributed by atoms with E-state index in [0.717, 1.165) is 10.0 Å². The minimum atomic E-state index is -0.126. The molecule has 3 nitrogen and oxygen atoms in total. The Balaban J connectivity index is 2.51. The number of hydrogen-bond donors (Lipinski definition) is 0. The highest BCUT2D eigenvalue weighted by Gasteiger charge is 2.17. The third-order valence-corrected chi connectivity index (χ3v) is 3.15. The van der Waals surface area contributed by atoms with Crippen LogP contribution in [0.5, 0.6) is 0 Å². The molecule has 0 spiro atoms. The first-order valence-electron chi connectivity index (χ1n) is 4.98. The lowest BCUT2D eigenvalue weighted by atomic mass is 10.1. The van der Waals surface area contributed by atoms with Gasteiger partial charge in [0.2, 0.25) is 5.78 Å². The first-order chi connectivity index (χ1) is 7.99. The molecule has 0 fully saturated rings. The molecule has 0 amide bonds. The third kappa shape index (κ3) is 2.42. The fourth-order valence-corrected chi connectivity index (χ4v) is 2.53. The fourth-order valence-electron chi connectivity index (χ4n) is 1.67. The molecule has 0 radical (unpaired) electrons. The average molecular weight is 314 g/mol. The Morgan fingerprint density at radius 2 is 2.12 bits per heavy atom. The minimum absolute atomic E-state index is 0.126. The zero-order valence-electron chi connectivity index (χ0n) is 9.37. The summed E-state index contributed by atoms with van der Waals surface area (Å²) < 4.78 is 2.36. The lowest BCUT2D eigenvalue weighted by Gasteiger charge is -2.04. The Morgan fingerprint density at radius 3 is 2.65 bits per heavy atom. The standard InChI is InChI=1S/C12H10BrClN2O/c1-7-3-8(5-9(13)4-7)12(17)11-10(14)6-15-16(11)2/h3-6H,1-2H3. The Morgan fingerprint density at radius 1 is 1.41 bits per heavy atom. The van der Waals surface area contributed by atoms with Crippen molar-refractivity contribution in [3.8, 4) is 0 Å². The Hall–Kier alpha value is -1.13. The van der Waals surface area contributed by atoms with E-state index in [1.54, 1.807) is 13.1 Å². The summed E-state index contributed by atoms with van der Waals surface area (Å²) in [5.74, 6) is -0.126. The summed E-state index contributed by atoms with van der Waals surface area (Å²) in [6.45, 7) is 1.94. The quantitative estimate of drug-likeness (QED) is 0.797. The number of ketones is 1. The molecule has 0 atom stereocenters. The second-order valence-corrected chi connectivity index (χ2v) is 5.13. The van der Waals surface area contributed by atoms with E-state index in [9.17, 15) is 4.79 Å². The summed E-state index contributed by atoms with van der Waals surface area (Å²) >= 11 is 9.33. The van der Waals surface area contributed by atoms with E-state index in [0.29, 0.717) is 16.3 Å². The number of benzene rings is 1. The van der Waals surface area contributed by atoms with Gasteiger partial charge in [0.15, 0.2) is 0 Å². The van der Waals surface area contributed by atoms with Gasteiger partial charge in [-0.25, -0.2) is 0 Å². The van der Waals surface area contributed by atoms with Gasteiger partial charge in [0.05, 0.1) is 11.2 Å². The molecule has 2 rings (SSSR count). The molecule has 0 saturated heterocycles. The second kappa shape index (κ2) is 4.63. The van der Waals surface area contributed by atoms with Crippen LogP contribution in [0.15, 0.2) is 28.9 Å². The number of aryl methyl sites for hydroxylation is 2. The van der Waals surface area contributed by atoms with E-state index in [2.05, 4.69) is 21.0 Å². The maximum atomic E-state index is 12.3. The first-order valence-corrected chi connectivity index (χ1v) is 6.15. The van der Waals surface area contributed by atoms with Crippen molar-refractivity contribution in [3.63, 3.8) is 0 Å². The third-order valence-electron chi connectivity index (χ3n) is 2.41. The Labute approximate surface area is 113 Å². The lowest BCUT2D eigenvalue weighted by Crippen LogP contribution is -2.09. The monoisotopic (exact) mass is 312 g/mol. The van der Waals surface area contributed by atoms with E-state index < -0.39 is 0 Å². The van der Waals surface area contributed by atoms with Gasteiger partial charge in [-0.15, -0.1) is 0 Å². The normalized spacial score (nSPS) is 10.6. The van der Waals surface area contributed by atoms with E-state index >= 15 is 0 Å². The number of carbonyl (C=O) groups is 1. The summed E-state index contributed by atoms with van der Waals surface area (Å²) in [5.41, 5.74) is 2.02. The van der Waals surface area contributed by atoms with Crippen molar-refractivity contribution in [1.82, 2.24) is 9.78 Å². The van der Waals surface area contributed by atoms with E-state index in [1.165, 1.54) is 10.9 Å². The molecule has 0 aliphatic carbocycles. The van der Waals surface area contributed by atoms with Crippen LogP contribution in [0.3, 0.4) is 0 Å². The van der Waals surface area contributed by atoms with Gasteiger partial charge in [0.25, 0.3) is 0 Å². The molecule has 17 heavy (non-hydrogen) atoms. The molecule has 0 N–H and O–H groups in total. The predicted octanol–water partition coefficient (Wildman–Crippen LogP) is 3.38. The Kier molecular flexibility index (Phi) is 3.35. The van der Waals surface area contributed by atoms with Crippen molar-refractivity contribution in [2.45, 2.75) is 6.92 Å². The molecule has 0 aliphatic heterocycles. The topological polar surface area (TPSA) is 34.9 Å². The van der Waals surface area contributed by atoms with Crippen LogP contribution in [0, 0.1) is 6.92 Å². The number of rotatable bonds is 2. The van der Waals surface area contributed by atoms with Crippen LogP contribution in [-0.4, -0.2) is 15.6 Å². The van der Waals surface area contributed by atoms with E-state index in [1.807, 2.05) is 19.1 Å². The van der Waals surface area contributed by atoms with E-state index in [4.69, 9.17) is 11.6 Å². The number of nitrogens with zero attached hydrogens (tertiary/aromatic N) is 2. The molecular weight excluding hydrogens is 304 g/mol. The summed E-state index contributed by atoms with van der Waals surface area (Å²) in [6.07, 6.45) is 1.47. The molecule has 1 heterocycles. The molecule has 88 valence electrons. The molecule has 2 aromatic rings. The van der Waals surface area contributed by atoms with Crippen LogP contribution in [0.1, 0.15) is 21.6 Å². The van der Waals surface area contributed by atoms with Crippen LogP contribution in [0.2, 0.25) is 5.02 Å². The first kappa shape index (κ1) is 12.3. The summed E-state index contributed by atoms with van der Waals surface area (Å²) in [4.78, 5) is 12.3. The molecular formula is C12H10BrClN2O. The van der Waals surface area contributed by atoms with Crippen LogP contribution < -0.4 is 0 Å². The molecule has 0 bridgehead atoms. The Bertz CT molecular complexity index is 552. The number of carbonyl (C=O) groups excluding carboxylic acids is 1. The van der Waals surface area contributed by atoms with Crippen LogP contribution in [-0.2, 0) is 7.05 Å². The van der Waals surface area contributed by atoms with Gasteiger partial charge >= 0.3 is 0 Å². The highest BCUT2D eigenvalue weighted by Crippen LogP contribution is 2.21. The zero-order chi connectivity index (χ0) is 12.6. The number of aromatic nitrogens is 2. The summed E-state index contributed by atoms with van der Waals surface area (Å²) in [5, 5.41) is 4.33. The zero-order valence-corrected chi connectivity index (χ0v) is 11.7. The van der Waals surface area contributed by atoms with Crippen molar-refractivity contribution < 1.29 is 4.79 Å². The van der Waals surface area contributed by atoms with Gasteiger partial charge in [0, 0.05) is 17.1 Å². The molecule has 1 aromatic carbocycles. The van der Waals surface area contributed by atoms with Crippen LogP contribution in [0.25, 0.3) is 0 Å². The van der Waals surface area contributed by atoms with Crippen molar-refractivity contribution in [3.05, 3.63) is 50.7 Å². The molecule has 5 heteroatoms. The second-order valence-electron chi connectivity index (χ2n) is 3.81. The SMILES string of the molecule is Cc1cc(Br)cc(C(=O)c2c(Cl)cnn2C)c1. The number of hydrogen-bond acceptors (Lipinski definition) is 2. The van der Waals surface area contributed by atoms with Gasteiger partial charge in [0.1, 0.15) is 5.69 Å². The van der Waals surface area contributed by atoms with Gasteiger partial charge in [-0.1, -0.05) is 27.5 Å².